The first kappa shape index (κ1) is 12.6. The van der Waals surface area contributed by atoms with Crippen molar-refractivity contribution in [3.05, 3.63) is 46.5 Å². The number of aryl methyl sites for hydroxylation is 1. The zero-order valence-electron chi connectivity index (χ0n) is 11.1. The third kappa shape index (κ3) is 2.80. The van der Waals surface area contributed by atoms with Crippen LogP contribution in [0.1, 0.15) is 35.1 Å². The number of ether oxygens (including phenoxy) is 1. The molecule has 1 aromatic carbocycles. The normalized spacial score (nSPS) is 18.1. The molecule has 0 amide bonds. The first-order valence-corrected chi connectivity index (χ1v) is 7.48. The van der Waals surface area contributed by atoms with Crippen LogP contribution in [0.25, 0.3) is 0 Å². The van der Waals surface area contributed by atoms with Crippen molar-refractivity contribution in [2.45, 2.75) is 31.9 Å². The lowest BCUT2D eigenvalue weighted by atomic mass is 10.0. The van der Waals surface area contributed by atoms with E-state index in [1.807, 2.05) is 6.07 Å². The van der Waals surface area contributed by atoms with E-state index in [0.717, 1.165) is 24.5 Å². The molecule has 1 atom stereocenters. The van der Waals surface area contributed by atoms with Crippen molar-refractivity contribution in [3.63, 3.8) is 0 Å². The number of benzene rings is 1. The number of hydrogen-bond donors (Lipinski definition) is 1. The SMILES string of the molecule is COC1CCCc2nc(NCc3ccccc3)sc21. The van der Waals surface area contributed by atoms with Gasteiger partial charge in [0.25, 0.3) is 0 Å². The molecule has 1 aliphatic rings. The summed E-state index contributed by atoms with van der Waals surface area (Å²) in [5.41, 5.74) is 2.50. The van der Waals surface area contributed by atoms with Crippen LogP contribution in [0.15, 0.2) is 30.3 Å². The van der Waals surface area contributed by atoms with Gasteiger partial charge in [0.15, 0.2) is 5.13 Å². The van der Waals surface area contributed by atoms with Gasteiger partial charge in [0, 0.05) is 13.7 Å². The van der Waals surface area contributed by atoms with Crippen molar-refractivity contribution in [3.8, 4) is 0 Å². The molecule has 19 heavy (non-hydrogen) atoms. The molecule has 4 heteroatoms. The highest BCUT2D eigenvalue weighted by molar-refractivity contribution is 7.15. The minimum atomic E-state index is 0.244. The number of nitrogens with one attached hydrogen (secondary N) is 1. The van der Waals surface area contributed by atoms with Gasteiger partial charge in [0.1, 0.15) is 0 Å². The lowest BCUT2D eigenvalue weighted by molar-refractivity contribution is 0.0908. The zero-order valence-corrected chi connectivity index (χ0v) is 11.9. The molecule has 0 saturated heterocycles. The van der Waals surface area contributed by atoms with Crippen LogP contribution in [-0.2, 0) is 17.7 Å². The molecule has 100 valence electrons. The Labute approximate surface area is 117 Å². The van der Waals surface area contributed by atoms with Gasteiger partial charge >= 0.3 is 0 Å². The largest absolute Gasteiger partial charge is 0.376 e. The second-order valence-electron chi connectivity index (χ2n) is 4.79. The summed E-state index contributed by atoms with van der Waals surface area (Å²) in [7, 11) is 1.79. The molecule has 1 aliphatic carbocycles. The monoisotopic (exact) mass is 274 g/mol. The summed E-state index contributed by atoms with van der Waals surface area (Å²) in [5, 5.41) is 4.43. The molecule has 1 heterocycles. The highest BCUT2D eigenvalue weighted by Gasteiger charge is 2.24. The van der Waals surface area contributed by atoms with Gasteiger partial charge < -0.3 is 10.1 Å². The number of fused-ring (bicyclic) bond motifs is 1. The third-order valence-electron chi connectivity index (χ3n) is 3.47. The Kier molecular flexibility index (Phi) is 3.80. The van der Waals surface area contributed by atoms with Crippen molar-refractivity contribution in [2.24, 2.45) is 0 Å². The van der Waals surface area contributed by atoms with E-state index in [1.54, 1.807) is 18.4 Å². The average molecular weight is 274 g/mol. The quantitative estimate of drug-likeness (QED) is 0.921. The molecule has 1 aromatic heterocycles. The zero-order chi connectivity index (χ0) is 13.1. The molecule has 0 fully saturated rings. The summed E-state index contributed by atoms with van der Waals surface area (Å²) < 4.78 is 5.54. The number of methoxy groups -OCH3 is 1. The lowest BCUT2D eigenvalue weighted by Crippen LogP contribution is -2.08. The molecule has 1 N–H and O–H groups in total. The molecular weight excluding hydrogens is 256 g/mol. The van der Waals surface area contributed by atoms with E-state index < -0.39 is 0 Å². The Balaban J connectivity index is 1.71. The Morgan fingerprint density at radius 3 is 3.00 bits per heavy atom. The van der Waals surface area contributed by atoms with E-state index >= 15 is 0 Å². The molecule has 0 saturated carbocycles. The molecule has 0 bridgehead atoms. The summed E-state index contributed by atoms with van der Waals surface area (Å²) in [6.45, 7) is 0.824. The standard InChI is InChI=1S/C15H18N2OS/c1-18-13-9-5-8-12-14(13)19-15(17-12)16-10-11-6-3-2-4-7-11/h2-4,6-7,13H,5,8-10H2,1H3,(H,16,17). The van der Waals surface area contributed by atoms with Gasteiger partial charge in [-0.15, -0.1) is 0 Å². The van der Waals surface area contributed by atoms with Crippen LogP contribution in [0.2, 0.25) is 0 Å². The van der Waals surface area contributed by atoms with Crippen LogP contribution in [-0.4, -0.2) is 12.1 Å². The van der Waals surface area contributed by atoms with Crippen LogP contribution in [0.3, 0.4) is 0 Å². The molecule has 3 rings (SSSR count). The van der Waals surface area contributed by atoms with Crippen LogP contribution >= 0.6 is 11.3 Å². The Bertz CT molecular complexity index is 538. The summed E-state index contributed by atoms with van der Waals surface area (Å²) in [5.74, 6) is 0. The Morgan fingerprint density at radius 1 is 1.37 bits per heavy atom. The fraction of sp³-hybridized carbons (Fsp3) is 0.400. The summed E-state index contributed by atoms with van der Waals surface area (Å²) >= 11 is 1.74. The predicted molar refractivity (Wildman–Crippen MR) is 78.6 cm³/mol. The van der Waals surface area contributed by atoms with Crippen molar-refractivity contribution >= 4 is 16.5 Å². The topological polar surface area (TPSA) is 34.1 Å². The van der Waals surface area contributed by atoms with Crippen LogP contribution < -0.4 is 5.32 Å². The van der Waals surface area contributed by atoms with Crippen LogP contribution in [0, 0.1) is 0 Å². The summed E-state index contributed by atoms with van der Waals surface area (Å²) in [6, 6.07) is 10.4. The molecule has 0 aliphatic heterocycles. The maximum Gasteiger partial charge on any atom is 0.183 e. The molecule has 0 radical (unpaired) electrons. The average Bonchev–Trinajstić information content (AvgIpc) is 2.89. The van der Waals surface area contributed by atoms with E-state index in [1.165, 1.54) is 22.6 Å². The van der Waals surface area contributed by atoms with E-state index in [9.17, 15) is 0 Å². The van der Waals surface area contributed by atoms with Crippen molar-refractivity contribution in [1.82, 2.24) is 4.98 Å². The number of hydrogen-bond acceptors (Lipinski definition) is 4. The first-order valence-electron chi connectivity index (χ1n) is 6.67. The van der Waals surface area contributed by atoms with E-state index in [2.05, 4.69) is 29.6 Å². The maximum absolute atomic E-state index is 5.54. The van der Waals surface area contributed by atoms with E-state index in [-0.39, 0.29) is 6.10 Å². The smallest absolute Gasteiger partial charge is 0.183 e. The fourth-order valence-electron chi connectivity index (χ4n) is 2.45. The van der Waals surface area contributed by atoms with Gasteiger partial charge in [-0.25, -0.2) is 4.98 Å². The number of rotatable bonds is 4. The highest BCUT2D eigenvalue weighted by Crippen LogP contribution is 2.37. The second kappa shape index (κ2) is 5.72. The van der Waals surface area contributed by atoms with Gasteiger partial charge in [0.2, 0.25) is 0 Å². The molecule has 1 unspecified atom stereocenters. The fourth-order valence-corrected chi connectivity index (χ4v) is 3.57. The van der Waals surface area contributed by atoms with E-state index in [0.29, 0.717) is 0 Å². The predicted octanol–water partition coefficient (Wildman–Crippen LogP) is 3.78. The molecular formula is C15H18N2OS. The number of anilines is 1. The van der Waals surface area contributed by atoms with E-state index in [4.69, 9.17) is 9.72 Å². The number of aromatic nitrogens is 1. The maximum atomic E-state index is 5.54. The van der Waals surface area contributed by atoms with Crippen LogP contribution in [0.4, 0.5) is 5.13 Å². The summed E-state index contributed by atoms with van der Waals surface area (Å²) in [4.78, 5) is 6.00. The molecule has 2 aromatic rings. The number of nitrogens with zero attached hydrogens (tertiary/aromatic N) is 1. The van der Waals surface area contributed by atoms with Gasteiger partial charge in [0.05, 0.1) is 16.7 Å². The molecule has 3 nitrogen and oxygen atoms in total. The third-order valence-corrected chi connectivity index (χ3v) is 4.62. The molecule has 0 spiro atoms. The van der Waals surface area contributed by atoms with Crippen molar-refractivity contribution in [2.75, 3.05) is 12.4 Å². The van der Waals surface area contributed by atoms with Gasteiger partial charge in [-0.05, 0) is 24.8 Å². The van der Waals surface area contributed by atoms with Crippen molar-refractivity contribution < 1.29 is 4.74 Å². The van der Waals surface area contributed by atoms with Gasteiger partial charge in [-0.1, -0.05) is 41.7 Å². The van der Waals surface area contributed by atoms with Crippen molar-refractivity contribution in [1.29, 1.82) is 0 Å². The minimum absolute atomic E-state index is 0.244. The summed E-state index contributed by atoms with van der Waals surface area (Å²) in [6.07, 6.45) is 3.61. The Morgan fingerprint density at radius 2 is 2.21 bits per heavy atom. The van der Waals surface area contributed by atoms with Gasteiger partial charge in [-0.2, -0.15) is 0 Å². The lowest BCUT2D eigenvalue weighted by Gasteiger charge is -2.18. The minimum Gasteiger partial charge on any atom is -0.376 e. The van der Waals surface area contributed by atoms with Crippen LogP contribution in [0.5, 0.6) is 0 Å². The number of thiazole rings is 1. The highest BCUT2D eigenvalue weighted by atomic mass is 32.1. The van der Waals surface area contributed by atoms with Gasteiger partial charge in [-0.3, -0.25) is 0 Å². The first-order chi connectivity index (χ1) is 9.36. The second-order valence-corrected chi connectivity index (χ2v) is 5.82. The Hall–Kier alpha value is -1.39.